The van der Waals surface area contributed by atoms with Gasteiger partial charge in [0.05, 0.1) is 12.2 Å². The lowest BCUT2D eigenvalue weighted by Gasteiger charge is -2.36. The third-order valence-corrected chi connectivity index (χ3v) is 4.86. The Balaban J connectivity index is 1.52. The molecule has 0 spiro atoms. The summed E-state index contributed by atoms with van der Waals surface area (Å²) in [6.45, 7) is 6.40. The number of nitrogens with zero attached hydrogens (tertiary/aromatic N) is 2. The molecule has 1 aliphatic carbocycles. The van der Waals surface area contributed by atoms with Crippen LogP contribution in [0.3, 0.4) is 0 Å². The van der Waals surface area contributed by atoms with E-state index >= 15 is 0 Å². The molecule has 6 heteroatoms. The number of amides is 1. The first-order valence-corrected chi connectivity index (χ1v) is 8.90. The monoisotopic (exact) mass is 332 g/mol. The van der Waals surface area contributed by atoms with E-state index in [2.05, 4.69) is 29.0 Å². The first kappa shape index (κ1) is 17.2. The fourth-order valence-electron chi connectivity index (χ4n) is 3.66. The van der Waals surface area contributed by atoms with Crippen LogP contribution in [0, 0.1) is 5.92 Å². The highest BCUT2D eigenvalue weighted by atomic mass is 16.5. The topological polar surface area (TPSA) is 80.5 Å². The van der Waals surface area contributed by atoms with Crippen molar-refractivity contribution in [2.24, 2.45) is 11.7 Å². The fourth-order valence-corrected chi connectivity index (χ4v) is 3.66. The molecule has 4 unspecified atom stereocenters. The summed E-state index contributed by atoms with van der Waals surface area (Å²) in [5.41, 5.74) is 6.89. The Hall–Kier alpha value is -1.66. The van der Waals surface area contributed by atoms with E-state index in [0.717, 1.165) is 43.7 Å². The minimum atomic E-state index is 0.0727. The number of nitrogens with one attached hydrogen (secondary N) is 1. The standard InChI is InChI=1S/C18H28N4O2/c1-12-10-22(11-13(2)24-12)17-6-3-14(8-20-17)9-21-18(23)15-4-5-16(19)7-15/h3,6,8,12-13,15-16H,4-5,7,9-11,19H2,1-2H3,(H,21,23). The molecule has 0 radical (unpaired) electrons. The zero-order chi connectivity index (χ0) is 17.1. The van der Waals surface area contributed by atoms with Gasteiger partial charge in [0, 0.05) is 37.8 Å². The number of hydrogen-bond donors (Lipinski definition) is 2. The number of anilines is 1. The lowest BCUT2D eigenvalue weighted by molar-refractivity contribution is -0.125. The SMILES string of the molecule is CC1CN(c2ccc(CNC(=O)C3CCC(N)C3)cn2)CC(C)O1. The molecular weight excluding hydrogens is 304 g/mol. The van der Waals surface area contributed by atoms with Crippen LogP contribution in [0.15, 0.2) is 18.3 Å². The molecule has 24 heavy (non-hydrogen) atoms. The van der Waals surface area contributed by atoms with Crippen LogP contribution in [-0.4, -0.2) is 42.2 Å². The van der Waals surface area contributed by atoms with Crippen molar-refractivity contribution in [1.82, 2.24) is 10.3 Å². The number of morpholine rings is 1. The molecular formula is C18H28N4O2. The van der Waals surface area contributed by atoms with Crippen LogP contribution in [-0.2, 0) is 16.1 Å². The van der Waals surface area contributed by atoms with Crippen molar-refractivity contribution in [1.29, 1.82) is 0 Å². The second-order valence-corrected chi connectivity index (χ2v) is 7.17. The van der Waals surface area contributed by atoms with Crippen molar-refractivity contribution in [2.75, 3.05) is 18.0 Å². The van der Waals surface area contributed by atoms with Gasteiger partial charge in [-0.05, 0) is 44.7 Å². The number of hydrogen-bond acceptors (Lipinski definition) is 5. The summed E-state index contributed by atoms with van der Waals surface area (Å²) in [6.07, 6.45) is 4.93. The highest BCUT2D eigenvalue weighted by Crippen LogP contribution is 2.24. The molecule has 3 rings (SSSR count). The van der Waals surface area contributed by atoms with Crippen LogP contribution in [0.25, 0.3) is 0 Å². The Morgan fingerprint density at radius 3 is 2.67 bits per heavy atom. The maximum atomic E-state index is 12.1. The maximum absolute atomic E-state index is 12.1. The first-order valence-electron chi connectivity index (χ1n) is 8.90. The van der Waals surface area contributed by atoms with Gasteiger partial charge in [0.2, 0.25) is 5.91 Å². The number of ether oxygens (including phenoxy) is 1. The van der Waals surface area contributed by atoms with Crippen LogP contribution >= 0.6 is 0 Å². The Bertz CT molecular complexity index is 553. The quantitative estimate of drug-likeness (QED) is 0.872. The predicted octanol–water partition coefficient (Wildman–Crippen LogP) is 1.44. The highest BCUT2D eigenvalue weighted by molar-refractivity contribution is 5.79. The maximum Gasteiger partial charge on any atom is 0.223 e. The van der Waals surface area contributed by atoms with E-state index in [0.29, 0.717) is 6.54 Å². The largest absolute Gasteiger partial charge is 0.372 e. The molecule has 1 aromatic rings. The third kappa shape index (κ3) is 4.24. The van der Waals surface area contributed by atoms with Gasteiger partial charge >= 0.3 is 0 Å². The molecule has 1 saturated carbocycles. The number of rotatable bonds is 4. The normalized spacial score (nSPS) is 30.4. The van der Waals surface area contributed by atoms with Gasteiger partial charge in [0.15, 0.2) is 0 Å². The van der Waals surface area contributed by atoms with E-state index in [1.165, 1.54) is 0 Å². The summed E-state index contributed by atoms with van der Waals surface area (Å²) in [7, 11) is 0. The summed E-state index contributed by atoms with van der Waals surface area (Å²) in [5, 5.41) is 3.01. The van der Waals surface area contributed by atoms with E-state index < -0.39 is 0 Å². The van der Waals surface area contributed by atoms with Gasteiger partial charge in [0.1, 0.15) is 5.82 Å². The van der Waals surface area contributed by atoms with Crippen molar-refractivity contribution in [3.63, 3.8) is 0 Å². The summed E-state index contributed by atoms with van der Waals surface area (Å²) >= 11 is 0. The molecule has 132 valence electrons. The van der Waals surface area contributed by atoms with E-state index in [-0.39, 0.29) is 30.1 Å². The Kier molecular flexibility index (Phi) is 5.36. The van der Waals surface area contributed by atoms with Crippen molar-refractivity contribution in [3.05, 3.63) is 23.9 Å². The van der Waals surface area contributed by atoms with Gasteiger partial charge < -0.3 is 20.7 Å². The van der Waals surface area contributed by atoms with Crippen molar-refractivity contribution in [2.45, 2.75) is 57.9 Å². The molecule has 6 nitrogen and oxygen atoms in total. The van der Waals surface area contributed by atoms with Gasteiger partial charge in [-0.1, -0.05) is 6.07 Å². The summed E-state index contributed by atoms with van der Waals surface area (Å²) < 4.78 is 5.76. The van der Waals surface area contributed by atoms with Gasteiger partial charge in [-0.25, -0.2) is 4.98 Å². The Morgan fingerprint density at radius 2 is 2.08 bits per heavy atom. The molecule has 3 N–H and O–H groups in total. The van der Waals surface area contributed by atoms with Crippen LogP contribution in [0.4, 0.5) is 5.82 Å². The number of carbonyl (C=O) groups excluding carboxylic acids is 1. The zero-order valence-electron chi connectivity index (χ0n) is 14.6. The molecule has 2 heterocycles. The van der Waals surface area contributed by atoms with E-state index in [4.69, 9.17) is 10.5 Å². The number of carbonyl (C=O) groups is 1. The predicted molar refractivity (Wildman–Crippen MR) is 93.6 cm³/mol. The van der Waals surface area contributed by atoms with E-state index in [1.54, 1.807) is 0 Å². The summed E-state index contributed by atoms with van der Waals surface area (Å²) in [5.74, 6) is 1.15. The molecule has 1 aliphatic heterocycles. The molecule has 4 atom stereocenters. The second kappa shape index (κ2) is 7.49. The zero-order valence-corrected chi connectivity index (χ0v) is 14.6. The first-order chi connectivity index (χ1) is 11.5. The minimum Gasteiger partial charge on any atom is -0.372 e. The number of nitrogens with two attached hydrogens (primary N) is 1. The van der Waals surface area contributed by atoms with Crippen molar-refractivity contribution < 1.29 is 9.53 Å². The molecule has 1 saturated heterocycles. The van der Waals surface area contributed by atoms with E-state index in [1.807, 2.05) is 18.3 Å². The van der Waals surface area contributed by atoms with Gasteiger partial charge in [-0.2, -0.15) is 0 Å². The fraction of sp³-hybridized carbons (Fsp3) is 0.667. The molecule has 0 bridgehead atoms. The molecule has 0 aromatic carbocycles. The average Bonchev–Trinajstić information content (AvgIpc) is 2.99. The van der Waals surface area contributed by atoms with Gasteiger partial charge in [-0.3, -0.25) is 4.79 Å². The number of pyridine rings is 1. The summed E-state index contributed by atoms with van der Waals surface area (Å²) in [4.78, 5) is 19.0. The van der Waals surface area contributed by atoms with Gasteiger partial charge in [0.25, 0.3) is 0 Å². The van der Waals surface area contributed by atoms with Gasteiger partial charge in [-0.15, -0.1) is 0 Å². The van der Waals surface area contributed by atoms with Crippen LogP contribution in [0.2, 0.25) is 0 Å². The third-order valence-electron chi connectivity index (χ3n) is 4.86. The van der Waals surface area contributed by atoms with Crippen molar-refractivity contribution in [3.8, 4) is 0 Å². The average molecular weight is 332 g/mol. The lowest BCUT2D eigenvalue weighted by atomic mass is 10.1. The molecule has 1 amide bonds. The summed E-state index contributed by atoms with van der Waals surface area (Å²) in [6, 6.07) is 4.24. The number of aromatic nitrogens is 1. The smallest absolute Gasteiger partial charge is 0.223 e. The van der Waals surface area contributed by atoms with E-state index in [9.17, 15) is 4.79 Å². The second-order valence-electron chi connectivity index (χ2n) is 7.17. The van der Waals surface area contributed by atoms with Crippen LogP contribution in [0.5, 0.6) is 0 Å². The van der Waals surface area contributed by atoms with Crippen LogP contribution in [0.1, 0.15) is 38.7 Å². The van der Waals surface area contributed by atoms with Crippen LogP contribution < -0.4 is 16.0 Å². The van der Waals surface area contributed by atoms with Crippen molar-refractivity contribution >= 4 is 11.7 Å². The Labute approximate surface area is 143 Å². The Morgan fingerprint density at radius 1 is 1.33 bits per heavy atom. The molecule has 2 aliphatic rings. The molecule has 2 fully saturated rings. The minimum absolute atomic E-state index is 0.0727. The highest BCUT2D eigenvalue weighted by Gasteiger charge is 2.27. The molecule has 1 aromatic heterocycles. The lowest BCUT2D eigenvalue weighted by Crippen LogP contribution is -2.45.